The Morgan fingerprint density at radius 1 is 1.48 bits per heavy atom. The molecule has 1 unspecified atom stereocenters. The van der Waals surface area contributed by atoms with Crippen molar-refractivity contribution in [3.05, 3.63) is 18.6 Å². The summed E-state index contributed by atoms with van der Waals surface area (Å²) in [5.74, 6) is 0.518. The summed E-state index contributed by atoms with van der Waals surface area (Å²) in [6, 6.07) is 0.259. The quantitative estimate of drug-likeness (QED) is 0.903. The van der Waals surface area contributed by atoms with Gasteiger partial charge in [0.15, 0.2) is 0 Å². The van der Waals surface area contributed by atoms with Gasteiger partial charge in [0, 0.05) is 25.0 Å². The third-order valence-electron chi connectivity index (χ3n) is 3.81. The molecule has 116 valence electrons. The van der Waals surface area contributed by atoms with Gasteiger partial charge in [-0.15, -0.1) is 0 Å². The maximum absolute atomic E-state index is 12.3. The van der Waals surface area contributed by atoms with Gasteiger partial charge in [0.2, 0.25) is 5.88 Å². The number of rotatable bonds is 5. The number of nitrogens with one attached hydrogen (secondary N) is 1. The number of piperidine rings is 1. The third-order valence-corrected chi connectivity index (χ3v) is 3.81. The molecule has 1 aromatic rings. The molecule has 1 aromatic heterocycles. The number of carbonyl (C=O) groups is 1. The van der Waals surface area contributed by atoms with Gasteiger partial charge in [0.05, 0.1) is 12.7 Å². The van der Waals surface area contributed by atoms with Gasteiger partial charge >= 0.3 is 6.03 Å². The zero-order valence-electron chi connectivity index (χ0n) is 12.8. The second kappa shape index (κ2) is 7.81. The normalized spacial score (nSPS) is 18.6. The first-order valence-electron chi connectivity index (χ1n) is 7.71. The van der Waals surface area contributed by atoms with Gasteiger partial charge in [-0.05, 0) is 25.7 Å². The highest BCUT2D eigenvalue weighted by Gasteiger charge is 2.26. The van der Waals surface area contributed by atoms with E-state index >= 15 is 0 Å². The molecule has 21 heavy (non-hydrogen) atoms. The molecule has 1 aliphatic rings. The molecule has 6 nitrogen and oxygen atoms in total. The van der Waals surface area contributed by atoms with Crippen LogP contribution in [-0.2, 0) is 0 Å². The largest absolute Gasteiger partial charge is 0.471 e. The van der Waals surface area contributed by atoms with Crippen molar-refractivity contribution >= 4 is 6.03 Å². The highest BCUT2D eigenvalue weighted by Crippen LogP contribution is 2.16. The number of urea groups is 1. The molecule has 1 aliphatic heterocycles. The van der Waals surface area contributed by atoms with E-state index in [0.29, 0.717) is 12.4 Å². The summed E-state index contributed by atoms with van der Waals surface area (Å²) >= 11 is 0. The fraction of sp³-hybridized carbons (Fsp3) is 0.667. The van der Waals surface area contributed by atoms with Crippen LogP contribution in [0.15, 0.2) is 18.6 Å². The van der Waals surface area contributed by atoms with Crippen molar-refractivity contribution in [1.29, 1.82) is 0 Å². The lowest BCUT2D eigenvalue weighted by Gasteiger charge is -2.33. The Balaban J connectivity index is 1.87. The number of ether oxygens (including phenoxy) is 1. The minimum Gasteiger partial charge on any atom is -0.471 e. The molecule has 0 aliphatic carbocycles. The van der Waals surface area contributed by atoms with E-state index < -0.39 is 0 Å². The van der Waals surface area contributed by atoms with E-state index in [0.717, 1.165) is 32.2 Å². The number of amides is 2. The molecule has 1 atom stereocenters. The highest BCUT2D eigenvalue weighted by molar-refractivity contribution is 5.74. The zero-order chi connectivity index (χ0) is 15.1. The lowest BCUT2D eigenvalue weighted by molar-refractivity contribution is 0.0962. The zero-order valence-corrected chi connectivity index (χ0v) is 12.8. The molecule has 2 heterocycles. The first-order valence-corrected chi connectivity index (χ1v) is 7.71. The number of carbonyl (C=O) groups excluding carboxylic acids is 1. The van der Waals surface area contributed by atoms with Gasteiger partial charge < -0.3 is 15.0 Å². The maximum atomic E-state index is 12.3. The van der Waals surface area contributed by atoms with Crippen LogP contribution in [0.1, 0.15) is 39.5 Å². The van der Waals surface area contributed by atoms with Crippen LogP contribution in [0.25, 0.3) is 0 Å². The number of nitrogens with zero attached hydrogens (tertiary/aromatic N) is 3. The molecule has 1 fully saturated rings. The Morgan fingerprint density at radius 2 is 2.29 bits per heavy atom. The van der Waals surface area contributed by atoms with Crippen LogP contribution in [0.2, 0.25) is 0 Å². The van der Waals surface area contributed by atoms with Crippen molar-refractivity contribution < 1.29 is 9.53 Å². The third kappa shape index (κ3) is 4.58. The topological polar surface area (TPSA) is 67.4 Å². The second-order valence-corrected chi connectivity index (χ2v) is 5.33. The van der Waals surface area contributed by atoms with E-state index in [1.807, 2.05) is 4.90 Å². The van der Waals surface area contributed by atoms with Crippen LogP contribution in [0.5, 0.6) is 5.88 Å². The molecule has 2 amide bonds. The summed E-state index contributed by atoms with van der Waals surface area (Å²) in [7, 11) is 0. The molecule has 0 spiro atoms. The van der Waals surface area contributed by atoms with Crippen molar-refractivity contribution in [3.8, 4) is 5.88 Å². The van der Waals surface area contributed by atoms with Crippen molar-refractivity contribution in [2.45, 2.75) is 51.7 Å². The molecule has 0 radical (unpaired) electrons. The van der Waals surface area contributed by atoms with E-state index in [2.05, 4.69) is 29.1 Å². The predicted molar refractivity (Wildman–Crippen MR) is 80.2 cm³/mol. The van der Waals surface area contributed by atoms with E-state index in [-0.39, 0.29) is 18.2 Å². The smallest absolute Gasteiger partial charge is 0.317 e. The van der Waals surface area contributed by atoms with Crippen LogP contribution in [0.4, 0.5) is 4.79 Å². The fourth-order valence-electron chi connectivity index (χ4n) is 2.49. The number of aromatic nitrogens is 2. The summed E-state index contributed by atoms with van der Waals surface area (Å²) in [5, 5.41) is 3.07. The van der Waals surface area contributed by atoms with E-state index in [1.165, 1.54) is 0 Å². The Bertz CT molecular complexity index is 437. The van der Waals surface area contributed by atoms with Crippen molar-refractivity contribution in [2.24, 2.45) is 0 Å². The maximum Gasteiger partial charge on any atom is 0.317 e. The summed E-state index contributed by atoms with van der Waals surface area (Å²) in [6.45, 7) is 5.56. The Morgan fingerprint density at radius 3 is 2.95 bits per heavy atom. The Kier molecular flexibility index (Phi) is 5.78. The van der Waals surface area contributed by atoms with Gasteiger partial charge in [0.25, 0.3) is 0 Å². The number of hydrogen-bond donors (Lipinski definition) is 1. The summed E-state index contributed by atoms with van der Waals surface area (Å²) in [4.78, 5) is 22.2. The molecule has 0 saturated carbocycles. The van der Waals surface area contributed by atoms with Crippen LogP contribution < -0.4 is 10.1 Å². The lowest BCUT2D eigenvalue weighted by atomic mass is 10.1. The average molecular weight is 292 g/mol. The SMILES string of the molecule is CCC(CC)NC(=O)N1CCCC(Oc2cnccn2)C1. The molecule has 1 N–H and O–H groups in total. The molecular formula is C15H24N4O2. The minimum atomic E-state index is -0.0112. The summed E-state index contributed by atoms with van der Waals surface area (Å²) in [5.41, 5.74) is 0. The Hall–Kier alpha value is -1.85. The fourth-order valence-corrected chi connectivity index (χ4v) is 2.49. The first kappa shape index (κ1) is 15.5. The van der Waals surface area contributed by atoms with Gasteiger partial charge in [-0.2, -0.15) is 0 Å². The highest BCUT2D eigenvalue weighted by atomic mass is 16.5. The van der Waals surface area contributed by atoms with Gasteiger partial charge in [-0.3, -0.25) is 4.98 Å². The minimum absolute atomic E-state index is 0.0103. The first-order chi connectivity index (χ1) is 10.2. The molecule has 0 bridgehead atoms. The van der Waals surface area contributed by atoms with Crippen LogP contribution in [0.3, 0.4) is 0 Å². The average Bonchev–Trinajstić information content (AvgIpc) is 2.53. The van der Waals surface area contributed by atoms with Crippen molar-refractivity contribution in [3.63, 3.8) is 0 Å². The summed E-state index contributed by atoms with van der Waals surface area (Å²) in [6.07, 6.45) is 8.60. The van der Waals surface area contributed by atoms with Gasteiger partial charge in [-0.25, -0.2) is 9.78 Å². The molecule has 2 rings (SSSR count). The standard InChI is InChI=1S/C15H24N4O2/c1-3-12(4-2)18-15(20)19-9-5-6-13(11-19)21-14-10-16-7-8-17-14/h7-8,10,12-13H,3-6,9,11H2,1-2H3,(H,18,20). The van der Waals surface area contributed by atoms with Gasteiger partial charge in [0.1, 0.15) is 6.10 Å². The molecule has 1 saturated heterocycles. The molecule has 0 aromatic carbocycles. The molecular weight excluding hydrogens is 268 g/mol. The van der Waals surface area contributed by atoms with Crippen molar-refractivity contribution in [2.75, 3.05) is 13.1 Å². The lowest BCUT2D eigenvalue weighted by Crippen LogP contribution is -2.50. The molecule has 6 heteroatoms. The second-order valence-electron chi connectivity index (χ2n) is 5.33. The monoisotopic (exact) mass is 292 g/mol. The van der Waals surface area contributed by atoms with Crippen LogP contribution in [0, 0.1) is 0 Å². The number of likely N-dealkylation sites (tertiary alicyclic amines) is 1. The van der Waals surface area contributed by atoms with Gasteiger partial charge in [-0.1, -0.05) is 13.8 Å². The predicted octanol–water partition coefficient (Wildman–Crippen LogP) is 2.22. The van der Waals surface area contributed by atoms with Crippen molar-refractivity contribution in [1.82, 2.24) is 20.2 Å². The van der Waals surface area contributed by atoms with E-state index in [9.17, 15) is 4.79 Å². The van der Waals surface area contributed by atoms with Crippen LogP contribution >= 0.6 is 0 Å². The van der Waals surface area contributed by atoms with Crippen LogP contribution in [-0.4, -0.2) is 46.1 Å². The van der Waals surface area contributed by atoms with E-state index in [4.69, 9.17) is 4.74 Å². The van der Waals surface area contributed by atoms with E-state index in [1.54, 1.807) is 18.6 Å². The number of hydrogen-bond acceptors (Lipinski definition) is 4. The summed E-state index contributed by atoms with van der Waals surface area (Å²) < 4.78 is 5.80. The Labute approximate surface area is 125 Å².